The van der Waals surface area contributed by atoms with E-state index in [1.165, 1.54) is 11.3 Å². The average Bonchev–Trinajstić information content (AvgIpc) is 3.57. The number of hydrogen-bond acceptors (Lipinski definition) is 7. The lowest BCUT2D eigenvalue weighted by molar-refractivity contribution is 0.0413. The summed E-state index contributed by atoms with van der Waals surface area (Å²) in [6.45, 7) is 3.34. The van der Waals surface area contributed by atoms with Crippen LogP contribution in [0.15, 0.2) is 65.2 Å². The quantitative estimate of drug-likeness (QED) is 0.363. The number of anilines is 1. The molecule has 4 heterocycles. The number of aromatic nitrogens is 1. The molecule has 3 aromatic heterocycles. The number of amides is 2. The number of ether oxygens (including phenoxy) is 1. The molecule has 2 N–H and O–H groups in total. The highest BCUT2D eigenvalue weighted by atomic mass is 32.1. The number of carbonyl (C=O) groups excluding carboxylic acids is 2. The molecule has 2 amide bonds. The van der Waals surface area contributed by atoms with Gasteiger partial charge in [-0.1, -0.05) is 6.07 Å². The van der Waals surface area contributed by atoms with Crippen molar-refractivity contribution in [1.29, 1.82) is 0 Å². The van der Waals surface area contributed by atoms with Crippen LogP contribution in [-0.2, 0) is 4.74 Å². The normalized spacial score (nSPS) is 14.7. The molecule has 0 bridgehead atoms. The van der Waals surface area contributed by atoms with Gasteiger partial charge in [0.15, 0.2) is 5.76 Å². The van der Waals surface area contributed by atoms with Crippen LogP contribution in [0.1, 0.15) is 33.1 Å². The first-order chi connectivity index (χ1) is 17.6. The number of pyridine rings is 1. The molecule has 1 fully saturated rings. The highest BCUT2D eigenvalue weighted by molar-refractivity contribution is 7.20. The van der Waals surface area contributed by atoms with E-state index in [1.54, 1.807) is 25.4 Å². The first kappa shape index (κ1) is 24.2. The van der Waals surface area contributed by atoms with Crippen molar-refractivity contribution in [1.82, 2.24) is 15.2 Å². The molecule has 0 spiro atoms. The molecule has 1 aliphatic heterocycles. The van der Waals surface area contributed by atoms with Gasteiger partial charge in [0.25, 0.3) is 11.8 Å². The van der Waals surface area contributed by atoms with E-state index in [2.05, 4.69) is 20.5 Å². The average molecular weight is 505 g/mol. The van der Waals surface area contributed by atoms with Crippen molar-refractivity contribution < 1.29 is 18.7 Å². The van der Waals surface area contributed by atoms with Gasteiger partial charge in [-0.2, -0.15) is 0 Å². The summed E-state index contributed by atoms with van der Waals surface area (Å²) in [6, 6.07) is 16.4. The number of likely N-dealkylation sites (tertiary alicyclic amines) is 1. The maximum Gasteiger partial charge on any atom is 0.287 e. The van der Waals surface area contributed by atoms with Crippen molar-refractivity contribution in [2.75, 3.05) is 38.6 Å². The van der Waals surface area contributed by atoms with Crippen LogP contribution in [0, 0.1) is 0 Å². The Balaban J connectivity index is 1.13. The summed E-state index contributed by atoms with van der Waals surface area (Å²) in [5.41, 5.74) is 1.49. The Morgan fingerprint density at radius 1 is 1.11 bits per heavy atom. The van der Waals surface area contributed by atoms with Gasteiger partial charge in [0.05, 0.1) is 11.0 Å². The molecule has 4 aromatic rings. The number of nitrogens with zero attached hydrogens (tertiary/aromatic N) is 2. The summed E-state index contributed by atoms with van der Waals surface area (Å²) >= 11 is 1.36. The summed E-state index contributed by atoms with van der Waals surface area (Å²) < 4.78 is 11.2. The zero-order valence-electron chi connectivity index (χ0n) is 20.0. The fourth-order valence-corrected chi connectivity index (χ4v) is 5.19. The SMILES string of the molecule is COC1CCN(CCNC(=O)c2ccc(-c3ccc(NC(=O)c4cc5cccnc5s4)cc3)o2)CC1. The predicted molar refractivity (Wildman–Crippen MR) is 141 cm³/mol. The van der Waals surface area contributed by atoms with E-state index < -0.39 is 0 Å². The second-order valence-corrected chi connectivity index (χ2v) is 9.77. The number of fused-ring (bicyclic) bond motifs is 1. The van der Waals surface area contributed by atoms with Gasteiger partial charge in [-0.05, 0) is 61.4 Å². The number of piperidine rings is 1. The van der Waals surface area contributed by atoms with Gasteiger partial charge in [-0.25, -0.2) is 4.98 Å². The monoisotopic (exact) mass is 504 g/mol. The summed E-state index contributed by atoms with van der Waals surface area (Å²) in [5, 5.41) is 6.80. The standard InChI is InChI=1S/C27H28N4O4S/c1-34-21-10-14-31(15-11-21)16-13-28-25(32)23-9-8-22(35-23)18-4-6-20(7-5-18)30-26(33)24-17-19-3-2-12-29-27(19)36-24/h2-9,12,17,21H,10-11,13-16H2,1H3,(H,28,32)(H,30,33). The molecule has 1 saturated heterocycles. The third-order valence-electron chi connectivity index (χ3n) is 6.36. The Morgan fingerprint density at radius 2 is 1.92 bits per heavy atom. The highest BCUT2D eigenvalue weighted by Gasteiger charge is 2.19. The fraction of sp³-hybridized carbons (Fsp3) is 0.296. The topological polar surface area (TPSA) is 96.7 Å². The van der Waals surface area contributed by atoms with Crippen LogP contribution in [0.4, 0.5) is 5.69 Å². The molecule has 1 aromatic carbocycles. The lowest BCUT2D eigenvalue weighted by atomic mass is 10.1. The van der Waals surface area contributed by atoms with Crippen LogP contribution < -0.4 is 10.6 Å². The molecule has 0 aliphatic carbocycles. The largest absolute Gasteiger partial charge is 0.451 e. The fourth-order valence-electron chi connectivity index (χ4n) is 4.29. The van der Waals surface area contributed by atoms with Crippen molar-refractivity contribution in [3.05, 3.63) is 71.4 Å². The number of thiophene rings is 1. The minimum atomic E-state index is -0.227. The van der Waals surface area contributed by atoms with Crippen molar-refractivity contribution in [3.63, 3.8) is 0 Å². The minimum absolute atomic E-state index is 0.175. The molecule has 0 unspecified atom stereocenters. The zero-order valence-corrected chi connectivity index (χ0v) is 20.8. The number of carbonyl (C=O) groups is 2. The number of hydrogen-bond donors (Lipinski definition) is 2. The van der Waals surface area contributed by atoms with Crippen molar-refractivity contribution in [2.24, 2.45) is 0 Å². The van der Waals surface area contributed by atoms with Gasteiger partial charge in [-0.3, -0.25) is 9.59 Å². The van der Waals surface area contributed by atoms with Gasteiger partial charge in [0.1, 0.15) is 10.6 Å². The summed E-state index contributed by atoms with van der Waals surface area (Å²) in [4.78, 5) is 33.2. The first-order valence-corrected chi connectivity index (χ1v) is 12.8. The van der Waals surface area contributed by atoms with Crippen LogP contribution in [0.2, 0.25) is 0 Å². The number of furan rings is 1. The van der Waals surface area contributed by atoms with E-state index in [1.807, 2.05) is 42.5 Å². The molecule has 0 saturated carbocycles. The molecular formula is C27H28N4O4S. The molecule has 36 heavy (non-hydrogen) atoms. The summed E-state index contributed by atoms with van der Waals surface area (Å²) in [5.74, 6) is 0.467. The van der Waals surface area contributed by atoms with E-state index in [0.717, 1.165) is 48.3 Å². The maximum absolute atomic E-state index is 12.6. The Kier molecular flexibility index (Phi) is 7.41. The second kappa shape index (κ2) is 11.0. The molecule has 0 radical (unpaired) electrons. The van der Waals surface area contributed by atoms with Crippen LogP contribution in [0.25, 0.3) is 21.5 Å². The highest BCUT2D eigenvalue weighted by Crippen LogP contribution is 2.26. The van der Waals surface area contributed by atoms with E-state index in [4.69, 9.17) is 9.15 Å². The Bertz CT molecular complexity index is 1310. The second-order valence-electron chi connectivity index (χ2n) is 8.74. The van der Waals surface area contributed by atoms with Crippen molar-refractivity contribution >= 4 is 39.1 Å². The number of benzene rings is 1. The molecule has 9 heteroatoms. The molecular weight excluding hydrogens is 476 g/mol. The Labute approximate surface area is 213 Å². The van der Waals surface area contributed by atoms with E-state index >= 15 is 0 Å². The van der Waals surface area contributed by atoms with Crippen LogP contribution in [0.3, 0.4) is 0 Å². The third kappa shape index (κ3) is 5.64. The van der Waals surface area contributed by atoms with Gasteiger partial charge in [0, 0.05) is 56.1 Å². The maximum atomic E-state index is 12.6. The zero-order chi connectivity index (χ0) is 24.9. The van der Waals surface area contributed by atoms with Gasteiger partial charge >= 0.3 is 0 Å². The molecule has 1 aliphatic rings. The Morgan fingerprint density at radius 3 is 2.67 bits per heavy atom. The molecule has 8 nitrogen and oxygen atoms in total. The minimum Gasteiger partial charge on any atom is -0.451 e. The number of nitrogens with one attached hydrogen (secondary N) is 2. The van der Waals surface area contributed by atoms with Crippen molar-refractivity contribution in [3.8, 4) is 11.3 Å². The lowest BCUT2D eigenvalue weighted by Crippen LogP contribution is -2.41. The molecule has 186 valence electrons. The lowest BCUT2D eigenvalue weighted by Gasteiger charge is -2.31. The van der Waals surface area contributed by atoms with Gasteiger partial charge in [-0.15, -0.1) is 11.3 Å². The Hall–Kier alpha value is -3.53. The predicted octanol–water partition coefficient (Wildman–Crippen LogP) is 4.65. The van der Waals surface area contributed by atoms with Gasteiger partial charge < -0.3 is 24.7 Å². The molecule has 0 atom stereocenters. The van der Waals surface area contributed by atoms with E-state index in [0.29, 0.717) is 29.0 Å². The van der Waals surface area contributed by atoms with Crippen molar-refractivity contribution in [2.45, 2.75) is 18.9 Å². The molecule has 5 rings (SSSR count). The van der Waals surface area contributed by atoms with E-state index in [9.17, 15) is 9.59 Å². The summed E-state index contributed by atoms with van der Waals surface area (Å²) in [7, 11) is 1.76. The van der Waals surface area contributed by atoms with Crippen LogP contribution in [0.5, 0.6) is 0 Å². The van der Waals surface area contributed by atoms with Crippen LogP contribution >= 0.6 is 11.3 Å². The summed E-state index contributed by atoms with van der Waals surface area (Å²) in [6.07, 6.45) is 4.12. The van der Waals surface area contributed by atoms with E-state index in [-0.39, 0.29) is 17.6 Å². The number of rotatable bonds is 8. The smallest absolute Gasteiger partial charge is 0.287 e. The third-order valence-corrected chi connectivity index (χ3v) is 7.41. The number of methoxy groups -OCH3 is 1. The van der Waals surface area contributed by atoms with Gasteiger partial charge in [0.2, 0.25) is 0 Å². The van der Waals surface area contributed by atoms with Crippen LogP contribution in [-0.4, -0.2) is 61.1 Å². The first-order valence-electron chi connectivity index (χ1n) is 12.0.